The molecule has 0 amide bonds. The van der Waals surface area contributed by atoms with Crippen LogP contribution in [-0.4, -0.2) is 19.8 Å². The molecule has 0 spiro atoms. The lowest BCUT2D eigenvalue weighted by Gasteiger charge is -2.23. The average molecular weight is 248 g/mol. The van der Waals surface area contributed by atoms with Gasteiger partial charge in [0, 0.05) is 15.9 Å². The predicted octanol–water partition coefficient (Wildman–Crippen LogP) is 2.17. The van der Waals surface area contributed by atoms with Gasteiger partial charge < -0.3 is 10.1 Å². The van der Waals surface area contributed by atoms with Crippen LogP contribution in [0.15, 0.2) is 15.9 Å². The van der Waals surface area contributed by atoms with E-state index in [4.69, 9.17) is 4.74 Å². The van der Waals surface area contributed by atoms with Gasteiger partial charge in [0.25, 0.3) is 0 Å². The Morgan fingerprint density at radius 3 is 3.17 bits per heavy atom. The Kier molecular flexibility index (Phi) is 2.80. The van der Waals surface area contributed by atoms with Crippen molar-refractivity contribution in [3.8, 4) is 0 Å². The van der Waals surface area contributed by atoms with Crippen LogP contribution < -0.4 is 5.32 Å². The molecule has 2 nitrogen and oxygen atoms in total. The van der Waals surface area contributed by atoms with E-state index in [0.717, 1.165) is 19.8 Å². The van der Waals surface area contributed by atoms with Gasteiger partial charge in [0.2, 0.25) is 0 Å². The molecule has 2 heterocycles. The van der Waals surface area contributed by atoms with E-state index < -0.39 is 0 Å². The minimum atomic E-state index is 0.383. The summed E-state index contributed by atoms with van der Waals surface area (Å²) in [7, 11) is 0. The lowest BCUT2D eigenvalue weighted by molar-refractivity contribution is 0.0777. The van der Waals surface area contributed by atoms with Crippen LogP contribution in [0, 0.1) is 0 Å². The molecule has 0 bridgehead atoms. The molecule has 66 valence electrons. The van der Waals surface area contributed by atoms with E-state index in [2.05, 4.69) is 32.7 Å². The second-order valence-electron chi connectivity index (χ2n) is 2.71. The summed E-state index contributed by atoms with van der Waals surface area (Å²) < 4.78 is 6.57. The van der Waals surface area contributed by atoms with Crippen molar-refractivity contribution in [3.05, 3.63) is 20.8 Å². The normalized spacial score (nSPS) is 24.2. The molecule has 1 atom stereocenters. The molecule has 0 unspecified atom stereocenters. The highest BCUT2D eigenvalue weighted by Crippen LogP contribution is 2.29. The summed E-state index contributed by atoms with van der Waals surface area (Å²) in [5.41, 5.74) is 0. The minimum absolute atomic E-state index is 0.383. The van der Waals surface area contributed by atoms with Crippen LogP contribution in [0.1, 0.15) is 10.9 Å². The maximum atomic E-state index is 5.38. The van der Waals surface area contributed by atoms with Gasteiger partial charge in [-0.25, -0.2) is 0 Å². The van der Waals surface area contributed by atoms with Gasteiger partial charge >= 0.3 is 0 Å². The highest BCUT2D eigenvalue weighted by molar-refractivity contribution is 9.10. The molecule has 1 aliphatic heterocycles. The molecular formula is C8H10BrNOS. The van der Waals surface area contributed by atoms with Gasteiger partial charge in [0.1, 0.15) is 0 Å². The van der Waals surface area contributed by atoms with Crippen LogP contribution in [0.3, 0.4) is 0 Å². The van der Waals surface area contributed by atoms with Crippen molar-refractivity contribution in [2.24, 2.45) is 0 Å². The number of morpholine rings is 1. The highest BCUT2D eigenvalue weighted by atomic mass is 79.9. The molecular weight excluding hydrogens is 238 g/mol. The van der Waals surface area contributed by atoms with E-state index in [1.165, 1.54) is 9.35 Å². The van der Waals surface area contributed by atoms with E-state index in [1.54, 1.807) is 11.3 Å². The SMILES string of the molecule is Brc1ccsc1[C@@H]1COCCN1. The van der Waals surface area contributed by atoms with Crippen LogP contribution in [0.2, 0.25) is 0 Å². The fourth-order valence-electron chi connectivity index (χ4n) is 1.29. The molecule has 2 rings (SSSR count). The third-order valence-corrected chi connectivity index (χ3v) is 3.87. The first-order valence-corrected chi connectivity index (χ1v) is 5.59. The Morgan fingerprint density at radius 2 is 2.58 bits per heavy atom. The fourth-order valence-corrected chi connectivity index (χ4v) is 3.00. The summed E-state index contributed by atoms with van der Waals surface area (Å²) in [6.07, 6.45) is 0. The van der Waals surface area contributed by atoms with E-state index in [-0.39, 0.29) is 0 Å². The monoisotopic (exact) mass is 247 g/mol. The predicted molar refractivity (Wildman–Crippen MR) is 53.6 cm³/mol. The van der Waals surface area contributed by atoms with Gasteiger partial charge in [0.15, 0.2) is 0 Å². The van der Waals surface area contributed by atoms with Gasteiger partial charge in [-0.2, -0.15) is 0 Å². The smallest absolute Gasteiger partial charge is 0.0670 e. The zero-order valence-corrected chi connectivity index (χ0v) is 8.95. The van der Waals surface area contributed by atoms with E-state index in [9.17, 15) is 0 Å². The van der Waals surface area contributed by atoms with Gasteiger partial charge in [-0.05, 0) is 27.4 Å². The van der Waals surface area contributed by atoms with E-state index in [0.29, 0.717) is 6.04 Å². The second-order valence-corrected chi connectivity index (χ2v) is 4.52. The van der Waals surface area contributed by atoms with E-state index in [1.807, 2.05) is 0 Å². The molecule has 12 heavy (non-hydrogen) atoms. The summed E-state index contributed by atoms with van der Waals surface area (Å²) in [6, 6.07) is 2.46. The first-order valence-electron chi connectivity index (χ1n) is 3.92. The number of nitrogens with one attached hydrogen (secondary N) is 1. The van der Waals surface area contributed by atoms with Gasteiger partial charge in [-0.3, -0.25) is 0 Å². The molecule has 0 radical (unpaired) electrons. The van der Waals surface area contributed by atoms with Crippen molar-refractivity contribution >= 4 is 27.3 Å². The summed E-state index contributed by atoms with van der Waals surface area (Å²) in [5, 5.41) is 5.51. The number of ether oxygens (including phenoxy) is 1. The third-order valence-electron chi connectivity index (χ3n) is 1.88. The highest BCUT2D eigenvalue weighted by Gasteiger charge is 2.18. The standard InChI is InChI=1S/C8H10BrNOS/c9-6-1-4-12-8(6)7-5-11-3-2-10-7/h1,4,7,10H,2-3,5H2/t7-/m0/s1. The van der Waals surface area contributed by atoms with Crippen LogP contribution in [0.5, 0.6) is 0 Å². The lowest BCUT2D eigenvalue weighted by Crippen LogP contribution is -2.34. The van der Waals surface area contributed by atoms with Gasteiger partial charge in [-0.1, -0.05) is 0 Å². The first-order chi connectivity index (χ1) is 5.88. The third kappa shape index (κ3) is 1.71. The van der Waals surface area contributed by atoms with Crippen LogP contribution in [0.4, 0.5) is 0 Å². The summed E-state index contributed by atoms with van der Waals surface area (Å²) in [4.78, 5) is 1.34. The van der Waals surface area contributed by atoms with Gasteiger partial charge in [0.05, 0.1) is 19.3 Å². The average Bonchev–Trinajstić information content (AvgIpc) is 2.53. The van der Waals surface area contributed by atoms with Crippen molar-refractivity contribution in [2.75, 3.05) is 19.8 Å². The molecule has 0 saturated carbocycles. The topological polar surface area (TPSA) is 21.3 Å². The number of thiophene rings is 1. The summed E-state index contributed by atoms with van der Waals surface area (Å²) >= 11 is 5.28. The molecule has 1 fully saturated rings. The Bertz CT molecular complexity index is 257. The number of hydrogen-bond acceptors (Lipinski definition) is 3. The zero-order valence-electron chi connectivity index (χ0n) is 6.55. The second kappa shape index (κ2) is 3.87. The van der Waals surface area contributed by atoms with E-state index >= 15 is 0 Å². The van der Waals surface area contributed by atoms with Crippen molar-refractivity contribution in [1.82, 2.24) is 5.32 Å². The molecule has 1 N–H and O–H groups in total. The molecule has 1 aromatic rings. The number of rotatable bonds is 1. The van der Waals surface area contributed by atoms with Crippen molar-refractivity contribution < 1.29 is 4.74 Å². The van der Waals surface area contributed by atoms with Crippen molar-refractivity contribution in [2.45, 2.75) is 6.04 Å². The Labute approximate surface area is 84.1 Å². The quantitative estimate of drug-likeness (QED) is 0.822. The molecule has 0 aromatic carbocycles. The van der Waals surface area contributed by atoms with Crippen LogP contribution in [-0.2, 0) is 4.74 Å². The first kappa shape index (κ1) is 8.69. The summed E-state index contributed by atoms with van der Waals surface area (Å²) in [6.45, 7) is 2.58. The van der Waals surface area contributed by atoms with Crippen LogP contribution >= 0.6 is 27.3 Å². The zero-order chi connectivity index (χ0) is 8.39. The molecule has 1 aliphatic rings. The Morgan fingerprint density at radius 1 is 1.67 bits per heavy atom. The summed E-state index contributed by atoms with van der Waals surface area (Å²) in [5.74, 6) is 0. The largest absolute Gasteiger partial charge is 0.378 e. The maximum Gasteiger partial charge on any atom is 0.0670 e. The van der Waals surface area contributed by atoms with Crippen LogP contribution in [0.25, 0.3) is 0 Å². The molecule has 4 heteroatoms. The number of halogens is 1. The molecule has 1 aromatic heterocycles. The minimum Gasteiger partial charge on any atom is -0.378 e. The Balaban J connectivity index is 2.13. The lowest BCUT2D eigenvalue weighted by atomic mass is 10.2. The maximum absolute atomic E-state index is 5.38. The van der Waals surface area contributed by atoms with Gasteiger partial charge in [-0.15, -0.1) is 11.3 Å². The molecule has 0 aliphatic carbocycles. The fraction of sp³-hybridized carbons (Fsp3) is 0.500. The van der Waals surface area contributed by atoms with Crippen molar-refractivity contribution in [3.63, 3.8) is 0 Å². The Hall–Kier alpha value is 0.1000. The van der Waals surface area contributed by atoms with Crippen molar-refractivity contribution in [1.29, 1.82) is 0 Å². The number of hydrogen-bond donors (Lipinski definition) is 1. The molecule has 1 saturated heterocycles.